The molecule has 3 aromatic rings. The Kier molecular flexibility index (Phi) is 4.45. The molecule has 2 heterocycles. The van der Waals surface area contributed by atoms with Gasteiger partial charge in [-0.1, -0.05) is 6.42 Å². The molecule has 0 aliphatic carbocycles. The molecule has 2 unspecified atom stereocenters. The van der Waals surface area contributed by atoms with Crippen LogP contribution in [0, 0.1) is 13.8 Å². The van der Waals surface area contributed by atoms with Gasteiger partial charge >= 0.3 is 0 Å². The number of fused-ring (bicyclic) bond motifs is 7. The van der Waals surface area contributed by atoms with E-state index in [0.717, 1.165) is 53.1 Å². The Morgan fingerprint density at radius 2 is 1.48 bits per heavy atom. The third kappa shape index (κ3) is 2.73. The molecule has 0 radical (unpaired) electrons. The maximum Gasteiger partial charge on any atom is 0.122 e. The molecule has 0 saturated carbocycles. The summed E-state index contributed by atoms with van der Waals surface area (Å²) in [4.78, 5) is 2.47. The van der Waals surface area contributed by atoms with Crippen LogP contribution >= 0.6 is 0 Å². The summed E-state index contributed by atoms with van der Waals surface area (Å²) in [5, 5.41) is 16.2. The van der Waals surface area contributed by atoms with Gasteiger partial charge in [0.05, 0.1) is 20.3 Å². The molecule has 5 rings (SSSR count). The highest BCUT2D eigenvalue weighted by Gasteiger charge is 2.37. The lowest BCUT2D eigenvalue weighted by molar-refractivity contribution is 0.00754. The van der Waals surface area contributed by atoms with E-state index in [-0.39, 0.29) is 6.04 Å². The highest BCUT2D eigenvalue weighted by atomic mass is 16.5. The standard InChI is InChI=1S/C25H29NO3/c1-14-9-16-17-10-15(2)23(29-4)12-19(17)24-20(18(16)11-22(14)28-3)13-26-8-6-5-7-21(26)25(24)27/h9-12,21,25,27H,5-8,13H2,1-4H3. The number of aryl methyl sites for hydroxylation is 2. The molecule has 1 N–H and O–H groups in total. The number of benzene rings is 3. The van der Waals surface area contributed by atoms with E-state index >= 15 is 0 Å². The number of hydrogen-bond acceptors (Lipinski definition) is 4. The average molecular weight is 392 g/mol. The maximum absolute atomic E-state index is 11.5. The molecule has 29 heavy (non-hydrogen) atoms. The Labute approximate surface area is 172 Å². The lowest BCUT2D eigenvalue weighted by atomic mass is 9.80. The van der Waals surface area contributed by atoms with Gasteiger partial charge in [0.25, 0.3) is 0 Å². The number of ether oxygens (including phenoxy) is 2. The Morgan fingerprint density at radius 1 is 0.862 bits per heavy atom. The molecular weight excluding hydrogens is 362 g/mol. The SMILES string of the molecule is COc1cc2c3c(c4cc(OC)c(C)cc4c2cc1C)C(O)C1CCCCN1C3. The molecule has 2 atom stereocenters. The van der Waals surface area contributed by atoms with Gasteiger partial charge in [-0.25, -0.2) is 0 Å². The van der Waals surface area contributed by atoms with Crippen molar-refractivity contribution in [1.29, 1.82) is 0 Å². The van der Waals surface area contributed by atoms with Gasteiger partial charge in [-0.15, -0.1) is 0 Å². The fourth-order valence-electron chi connectivity index (χ4n) is 5.52. The number of methoxy groups -OCH3 is 2. The van der Waals surface area contributed by atoms with E-state index in [4.69, 9.17) is 9.47 Å². The number of nitrogens with zero attached hydrogens (tertiary/aromatic N) is 1. The van der Waals surface area contributed by atoms with Gasteiger partial charge in [-0.05, 0) is 101 Å². The van der Waals surface area contributed by atoms with Crippen LogP contribution in [0.3, 0.4) is 0 Å². The predicted molar refractivity (Wildman–Crippen MR) is 117 cm³/mol. The second-order valence-corrected chi connectivity index (χ2v) is 8.61. The van der Waals surface area contributed by atoms with E-state index in [9.17, 15) is 5.11 Å². The molecule has 4 heteroatoms. The Balaban J connectivity index is 1.92. The van der Waals surface area contributed by atoms with Crippen molar-refractivity contribution in [3.05, 3.63) is 46.5 Å². The largest absolute Gasteiger partial charge is 0.496 e. The summed E-state index contributed by atoms with van der Waals surface area (Å²) >= 11 is 0. The lowest BCUT2D eigenvalue weighted by Crippen LogP contribution is -2.46. The van der Waals surface area contributed by atoms with E-state index in [1.807, 2.05) is 0 Å². The number of aliphatic hydroxyl groups excluding tert-OH is 1. The molecule has 1 saturated heterocycles. The van der Waals surface area contributed by atoms with Crippen LogP contribution in [0.5, 0.6) is 11.5 Å². The normalized spacial score (nSPS) is 21.8. The topological polar surface area (TPSA) is 41.9 Å². The molecular formula is C25H29NO3. The van der Waals surface area contributed by atoms with E-state index < -0.39 is 6.10 Å². The number of piperidine rings is 1. The van der Waals surface area contributed by atoms with Gasteiger partial charge in [0.2, 0.25) is 0 Å². The predicted octanol–water partition coefficient (Wildman–Crippen LogP) is 5.03. The van der Waals surface area contributed by atoms with Crippen molar-refractivity contribution >= 4 is 21.5 Å². The smallest absolute Gasteiger partial charge is 0.122 e. The van der Waals surface area contributed by atoms with E-state index in [0.29, 0.717) is 0 Å². The second-order valence-electron chi connectivity index (χ2n) is 8.61. The van der Waals surface area contributed by atoms with Crippen molar-refractivity contribution in [3.63, 3.8) is 0 Å². The van der Waals surface area contributed by atoms with Gasteiger partial charge in [-0.3, -0.25) is 4.90 Å². The Hall–Kier alpha value is -2.30. The number of hydrogen-bond donors (Lipinski definition) is 1. The summed E-state index contributed by atoms with van der Waals surface area (Å²) in [5.41, 5.74) is 4.56. The van der Waals surface area contributed by atoms with Crippen LogP contribution < -0.4 is 9.47 Å². The van der Waals surface area contributed by atoms with Crippen molar-refractivity contribution in [1.82, 2.24) is 4.90 Å². The maximum atomic E-state index is 11.5. The first-order valence-electron chi connectivity index (χ1n) is 10.6. The van der Waals surface area contributed by atoms with Crippen molar-refractivity contribution in [2.75, 3.05) is 20.8 Å². The summed E-state index contributed by atoms with van der Waals surface area (Å²) in [7, 11) is 3.45. The summed E-state index contributed by atoms with van der Waals surface area (Å²) in [6.45, 7) is 6.11. The third-order valence-electron chi connectivity index (χ3n) is 6.99. The van der Waals surface area contributed by atoms with E-state index in [1.165, 1.54) is 34.6 Å². The first kappa shape index (κ1) is 18.7. The van der Waals surface area contributed by atoms with E-state index in [2.05, 4.69) is 43.0 Å². The first-order valence-corrected chi connectivity index (χ1v) is 10.6. The van der Waals surface area contributed by atoms with Gasteiger partial charge in [0.15, 0.2) is 0 Å². The van der Waals surface area contributed by atoms with Crippen LogP contribution in [-0.2, 0) is 6.54 Å². The first-order chi connectivity index (χ1) is 14.0. The van der Waals surface area contributed by atoms with Crippen molar-refractivity contribution < 1.29 is 14.6 Å². The zero-order valence-electron chi connectivity index (χ0n) is 17.7. The summed E-state index contributed by atoms with van der Waals surface area (Å²) in [6, 6.07) is 8.94. The van der Waals surface area contributed by atoms with Gasteiger partial charge in [0, 0.05) is 12.6 Å². The minimum absolute atomic E-state index is 0.205. The zero-order chi connectivity index (χ0) is 20.3. The van der Waals surface area contributed by atoms with E-state index in [1.54, 1.807) is 14.2 Å². The molecule has 0 aromatic heterocycles. The molecule has 1 fully saturated rings. The molecule has 3 aromatic carbocycles. The van der Waals surface area contributed by atoms with Crippen LogP contribution in [-0.4, -0.2) is 36.8 Å². The van der Waals surface area contributed by atoms with Crippen LogP contribution in [0.1, 0.15) is 47.6 Å². The Bertz CT molecular complexity index is 1120. The molecule has 2 aliphatic heterocycles. The van der Waals surface area contributed by atoms with Gasteiger partial charge < -0.3 is 14.6 Å². The van der Waals surface area contributed by atoms with Crippen LogP contribution in [0.25, 0.3) is 21.5 Å². The molecule has 0 bridgehead atoms. The minimum atomic E-state index is -0.481. The summed E-state index contributed by atoms with van der Waals surface area (Å²) in [6.07, 6.45) is 2.97. The summed E-state index contributed by atoms with van der Waals surface area (Å²) < 4.78 is 11.3. The quantitative estimate of drug-likeness (QED) is 0.622. The molecule has 4 nitrogen and oxygen atoms in total. The minimum Gasteiger partial charge on any atom is -0.496 e. The third-order valence-corrected chi connectivity index (χ3v) is 6.99. The monoisotopic (exact) mass is 391 g/mol. The highest BCUT2D eigenvalue weighted by Crippen LogP contribution is 2.46. The highest BCUT2D eigenvalue weighted by molar-refractivity contribution is 6.12. The van der Waals surface area contributed by atoms with Crippen LogP contribution in [0.4, 0.5) is 0 Å². The van der Waals surface area contributed by atoms with Crippen LogP contribution in [0.2, 0.25) is 0 Å². The van der Waals surface area contributed by atoms with Crippen LogP contribution in [0.15, 0.2) is 24.3 Å². The Morgan fingerprint density at radius 3 is 2.14 bits per heavy atom. The molecule has 0 spiro atoms. The lowest BCUT2D eigenvalue weighted by Gasteiger charge is -2.44. The van der Waals surface area contributed by atoms with Crippen molar-refractivity contribution in [3.8, 4) is 11.5 Å². The van der Waals surface area contributed by atoms with Gasteiger partial charge in [0.1, 0.15) is 11.5 Å². The van der Waals surface area contributed by atoms with Crippen molar-refractivity contribution in [2.45, 2.75) is 51.8 Å². The second kappa shape index (κ2) is 6.89. The fraction of sp³-hybridized carbons (Fsp3) is 0.440. The fourth-order valence-corrected chi connectivity index (χ4v) is 5.52. The molecule has 2 aliphatic rings. The van der Waals surface area contributed by atoms with Crippen molar-refractivity contribution in [2.24, 2.45) is 0 Å². The summed E-state index contributed by atoms with van der Waals surface area (Å²) in [5.74, 6) is 1.78. The molecule has 0 amide bonds. The zero-order valence-corrected chi connectivity index (χ0v) is 17.7. The molecule has 152 valence electrons. The van der Waals surface area contributed by atoms with Gasteiger partial charge in [-0.2, -0.15) is 0 Å². The number of rotatable bonds is 2. The average Bonchev–Trinajstić information content (AvgIpc) is 2.73. The number of aliphatic hydroxyl groups is 1.